The fourth-order valence-corrected chi connectivity index (χ4v) is 4.63. The second-order valence-electron chi connectivity index (χ2n) is 8.40. The van der Waals surface area contributed by atoms with Crippen molar-refractivity contribution >= 4 is 0 Å². The number of benzene rings is 1. The molecule has 2 aromatic heterocycles. The lowest BCUT2D eigenvalue weighted by Crippen LogP contribution is -2.20. The van der Waals surface area contributed by atoms with E-state index < -0.39 is 0 Å². The minimum atomic E-state index is 0.744. The average Bonchev–Trinajstić information content (AvgIpc) is 3.05. The minimum Gasteiger partial charge on any atom is -0.268 e. The molecule has 0 saturated heterocycles. The van der Waals surface area contributed by atoms with Gasteiger partial charge in [0.1, 0.15) is 5.69 Å². The second-order valence-corrected chi connectivity index (χ2v) is 8.40. The van der Waals surface area contributed by atoms with Gasteiger partial charge in [0.2, 0.25) is 0 Å². The van der Waals surface area contributed by atoms with E-state index in [4.69, 9.17) is 5.10 Å². The van der Waals surface area contributed by atoms with Crippen molar-refractivity contribution in [3.63, 3.8) is 0 Å². The van der Waals surface area contributed by atoms with Crippen LogP contribution in [0.15, 0.2) is 48.8 Å². The van der Waals surface area contributed by atoms with Crippen LogP contribution < -0.4 is 0 Å². The molecule has 0 spiro atoms. The van der Waals surface area contributed by atoms with Crippen LogP contribution in [-0.2, 0) is 6.54 Å². The molecule has 3 aromatic rings. The number of aryl methyl sites for hydroxylation is 1. The third-order valence-electron chi connectivity index (χ3n) is 6.39. The molecule has 146 valence electrons. The summed E-state index contributed by atoms with van der Waals surface area (Å²) < 4.78 is 2.26. The summed E-state index contributed by atoms with van der Waals surface area (Å²) in [5.41, 5.74) is 7.08. The number of rotatable bonds is 5. The quantitative estimate of drug-likeness (QED) is 0.515. The normalized spacial score (nSPS) is 19.7. The Morgan fingerprint density at radius 2 is 1.64 bits per heavy atom. The van der Waals surface area contributed by atoms with Gasteiger partial charge >= 0.3 is 0 Å². The zero-order chi connectivity index (χ0) is 19.5. The molecule has 0 radical (unpaired) electrons. The first-order chi connectivity index (χ1) is 13.7. The Balaban J connectivity index is 1.71. The van der Waals surface area contributed by atoms with Crippen molar-refractivity contribution < 1.29 is 0 Å². The average molecular weight is 374 g/mol. The van der Waals surface area contributed by atoms with E-state index in [1.807, 2.05) is 12.4 Å². The van der Waals surface area contributed by atoms with Crippen LogP contribution in [0.2, 0.25) is 0 Å². The van der Waals surface area contributed by atoms with Gasteiger partial charge < -0.3 is 0 Å². The van der Waals surface area contributed by atoms with Crippen molar-refractivity contribution in [2.24, 2.45) is 11.8 Å². The molecule has 0 aliphatic heterocycles. The fraction of sp³-hybridized carbons (Fsp3) is 0.440. The van der Waals surface area contributed by atoms with E-state index in [1.54, 1.807) is 0 Å². The maximum absolute atomic E-state index is 5.11. The maximum atomic E-state index is 5.11. The van der Waals surface area contributed by atoms with Gasteiger partial charge in [0.15, 0.2) is 0 Å². The van der Waals surface area contributed by atoms with Crippen LogP contribution in [0.4, 0.5) is 0 Å². The molecule has 1 aliphatic carbocycles. The summed E-state index contributed by atoms with van der Waals surface area (Å²) in [4.78, 5) is 4.44. The highest BCUT2D eigenvalue weighted by molar-refractivity contribution is 5.82. The van der Waals surface area contributed by atoms with Gasteiger partial charge in [-0.05, 0) is 50.2 Å². The van der Waals surface area contributed by atoms with Crippen LogP contribution in [0.3, 0.4) is 0 Å². The molecule has 3 heteroatoms. The van der Waals surface area contributed by atoms with Crippen LogP contribution in [0.5, 0.6) is 0 Å². The molecule has 28 heavy (non-hydrogen) atoms. The van der Waals surface area contributed by atoms with Gasteiger partial charge in [0, 0.05) is 41.3 Å². The molecule has 2 heterocycles. The van der Waals surface area contributed by atoms with E-state index in [1.165, 1.54) is 54.5 Å². The van der Waals surface area contributed by atoms with Gasteiger partial charge in [-0.25, -0.2) is 0 Å². The Morgan fingerprint density at radius 3 is 2.32 bits per heavy atom. The largest absolute Gasteiger partial charge is 0.268 e. The molecule has 1 fully saturated rings. The molecule has 1 aliphatic rings. The van der Waals surface area contributed by atoms with E-state index in [0.717, 1.165) is 29.6 Å². The molecule has 0 atom stereocenters. The first-order valence-electron chi connectivity index (χ1n) is 10.7. The van der Waals surface area contributed by atoms with Crippen molar-refractivity contribution in [3.8, 4) is 22.4 Å². The van der Waals surface area contributed by atoms with E-state index in [9.17, 15) is 0 Å². The predicted octanol–water partition coefficient (Wildman–Crippen LogP) is 6.45. The highest BCUT2D eigenvalue weighted by Gasteiger charge is 2.23. The molecule has 0 bridgehead atoms. The minimum absolute atomic E-state index is 0.744. The Bertz CT molecular complexity index is 918. The van der Waals surface area contributed by atoms with Crippen LogP contribution in [-0.4, -0.2) is 14.8 Å². The van der Waals surface area contributed by atoms with Crippen molar-refractivity contribution in [3.05, 3.63) is 60.0 Å². The Hall–Kier alpha value is -2.42. The van der Waals surface area contributed by atoms with Gasteiger partial charge in [0.05, 0.1) is 0 Å². The van der Waals surface area contributed by atoms with Crippen LogP contribution >= 0.6 is 0 Å². The maximum Gasteiger partial charge on any atom is 0.100 e. The summed E-state index contributed by atoms with van der Waals surface area (Å²) >= 11 is 0. The van der Waals surface area contributed by atoms with Gasteiger partial charge in [-0.1, -0.05) is 56.5 Å². The van der Waals surface area contributed by atoms with Crippen LogP contribution in [0.25, 0.3) is 22.4 Å². The second kappa shape index (κ2) is 8.30. The smallest absolute Gasteiger partial charge is 0.100 e. The highest BCUT2D eigenvalue weighted by Crippen LogP contribution is 2.36. The van der Waals surface area contributed by atoms with Gasteiger partial charge in [-0.3, -0.25) is 9.67 Å². The summed E-state index contributed by atoms with van der Waals surface area (Å²) in [6, 6.07) is 12.8. The lowest BCUT2D eigenvalue weighted by Gasteiger charge is -2.28. The van der Waals surface area contributed by atoms with Crippen molar-refractivity contribution in [1.82, 2.24) is 14.8 Å². The van der Waals surface area contributed by atoms with Crippen LogP contribution in [0.1, 0.15) is 50.3 Å². The monoisotopic (exact) mass is 373 g/mol. The number of hydrogen-bond acceptors (Lipinski definition) is 2. The third kappa shape index (κ3) is 3.89. The summed E-state index contributed by atoms with van der Waals surface area (Å²) in [6.07, 6.45) is 10.6. The van der Waals surface area contributed by atoms with E-state index in [2.05, 4.69) is 66.8 Å². The van der Waals surface area contributed by atoms with E-state index in [0.29, 0.717) is 0 Å². The fourth-order valence-electron chi connectivity index (χ4n) is 4.63. The first kappa shape index (κ1) is 18.9. The SMILES string of the molecule is CCC1CCC(Cn2nc(-c3ccccc3)c(-c3cncc(C)c3)c2C)CC1. The summed E-state index contributed by atoms with van der Waals surface area (Å²) in [5, 5.41) is 5.11. The molecule has 1 saturated carbocycles. The number of aromatic nitrogens is 3. The summed E-state index contributed by atoms with van der Waals surface area (Å²) in [5.74, 6) is 1.68. The van der Waals surface area contributed by atoms with Crippen molar-refractivity contribution in [2.75, 3.05) is 0 Å². The molecule has 0 N–H and O–H groups in total. The highest BCUT2D eigenvalue weighted by atomic mass is 15.3. The molecule has 4 rings (SSSR count). The Labute approximate surface area is 168 Å². The van der Waals surface area contributed by atoms with Gasteiger partial charge in [0.25, 0.3) is 0 Å². The van der Waals surface area contributed by atoms with Crippen molar-refractivity contribution in [2.45, 2.75) is 59.4 Å². The lowest BCUT2D eigenvalue weighted by molar-refractivity contribution is 0.241. The number of pyridine rings is 1. The molecule has 1 aromatic carbocycles. The molecule has 3 nitrogen and oxygen atoms in total. The Kier molecular flexibility index (Phi) is 5.61. The Morgan fingerprint density at radius 1 is 0.929 bits per heavy atom. The lowest BCUT2D eigenvalue weighted by atomic mass is 9.81. The van der Waals surface area contributed by atoms with Crippen molar-refractivity contribution in [1.29, 1.82) is 0 Å². The molecule has 0 unspecified atom stereocenters. The zero-order valence-electron chi connectivity index (χ0n) is 17.4. The summed E-state index contributed by atoms with van der Waals surface area (Å²) in [7, 11) is 0. The first-order valence-corrected chi connectivity index (χ1v) is 10.7. The van der Waals surface area contributed by atoms with E-state index >= 15 is 0 Å². The summed E-state index contributed by atoms with van der Waals surface area (Å²) in [6.45, 7) is 7.68. The molecular weight excluding hydrogens is 342 g/mol. The number of nitrogens with zero attached hydrogens (tertiary/aromatic N) is 3. The predicted molar refractivity (Wildman–Crippen MR) is 116 cm³/mol. The van der Waals surface area contributed by atoms with E-state index in [-0.39, 0.29) is 0 Å². The standard InChI is InChI=1S/C25H31N3/c1-4-20-10-12-21(13-11-20)17-28-19(3)24(23-14-18(2)15-26-16-23)25(27-28)22-8-6-5-7-9-22/h5-9,14-16,20-21H,4,10-13,17H2,1-3H3. The molecular formula is C25H31N3. The van der Waals surface area contributed by atoms with Crippen LogP contribution in [0, 0.1) is 25.7 Å². The van der Waals surface area contributed by atoms with Gasteiger partial charge in [-0.15, -0.1) is 0 Å². The third-order valence-corrected chi connectivity index (χ3v) is 6.39. The topological polar surface area (TPSA) is 30.7 Å². The number of hydrogen-bond donors (Lipinski definition) is 0. The zero-order valence-corrected chi connectivity index (χ0v) is 17.4. The molecule has 0 amide bonds. The van der Waals surface area contributed by atoms with Gasteiger partial charge in [-0.2, -0.15) is 5.10 Å².